The van der Waals surface area contributed by atoms with Crippen LogP contribution in [0.3, 0.4) is 0 Å². The summed E-state index contributed by atoms with van der Waals surface area (Å²) >= 11 is 0. The number of nitrogens with zero attached hydrogens (tertiary/aromatic N) is 2. The molecule has 0 aliphatic rings. The van der Waals surface area contributed by atoms with Crippen LogP contribution in [0.4, 0.5) is 11.4 Å². The maximum Gasteiger partial charge on any atom is 0.337 e. The summed E-state index contributed by atoms with van der Waals surface area (Å²) in [6.45, 7) is 0. The summed E-state index contributed by atoms with van der Waals surface area (Å²) in [4.78, 5) is 25.7. The van der Waals surface area contributed by atoms with Crippen molar-refractivity contribution in [3.63, 3.8) is 0 Å². The molecule has 0 unspecified atom stereocenters. The molecule has 0 fully saturated rings. The predicted octanol–water partition coefficient (Wildman–Crippen LogP) is 3.13. The van der Waals surface area contributed by atoms with E-state index in [1.165, 1.54) is 19.2 Å². The molecule has 0 aliphatic heterocycles. The Morgan fingerprint density at radius 3 is 2.57 bits per heavy atom. The summed E-state index contributed by atoms with van der Waals surface area (Å²) in [7, 11) is 1.32. The molecule has 0 saturated heterocycles. The molecule has 0 radical (unpaired) electrons. The minimum atomic E-state index is -0.468. The number of benzene rings is 2. The summed E-state index contributed by atoms with van der Waals surface area (Å²) in [6, 6.07) is 12.7. The smallest absolute Gasteiger partial charge is 0.337 e. The van der Waals surface area contributed by atoms with E-state index < -0.39 is 10.9 Å². The van der Waals surface area contributed by atoms with Crippen LogP contribution < -0.4 is 0 Å². The molecule has 0 heterocycles. The third-order valence-electron chi connectivity index (χ3n) is 2.74. The first-order valence-corrected chi connectivity index (χ1v) is 6.07. The van der Waals surface area contributed by atoms with Crippen molar-refractivity contribution >= 4 is 23.6 Å². The van der Waals surface area contributed by atoms with E-state index in [2.05, 4.69) is 9.73 Å². The molecule has 0 atom stereocenters. The Morgan fingerprint density at radius 1 is 1.24 bits per heavy atom. The third kappa shape index (κ3) is 3.73. The first kappa shape index (κ1) is 14.4. The molecule has 2 aromatic carbocycles. The number of hydrogen-bond donors (Lipinski definition) is 0. The molecule has 6 heteroatoms. The van der Waals surface area contributed by atoms with Gasteiger partial charge in [0.15, 0.2) is 0 Å². The normalized spacial score (nSPS) is 10.5. The molecular weight excluding hydrogens is 272 g/mol. The fourth-order valence-electron chi connectivity index (χ4n) is 1.66. The van der Waals surface area contributed by atoms with Crippen LogP contribution in [0.1, 0.15) is 15.9 Å². The van der Waals surface area contributed by atoms with E-state index in [9.17, 15) is 14.9 Å². The van der Waals surface area contributed by atoms with Crippen molar-refractivity contribution in [1.82, 2.24) is 0 Å². The van der Waals surface area contributed by atoms with E-state index in [0.29, 0.717) is 11.3 Å². The third-order valence-corrected chi connectivity index (χ3v) is 2.74. The van der Waals surface area contributed by atoms with Crippen molar-refractivity contribution in [3.05, 3.63) is 69.8 Å². The number of nitro benzene ring substituents is 1. The first-order valence-electron chi connectivity index (χ1n) is 6.07. The number of non-ortho nitro benzene ring substituents is 1. The molecule has 0 amide bonds. The lowest BCUT2D eigenvalue weighted by molar-refractivity contribution is -0.384. The number of aliphatic imine (C=N–C) groups is 1. The number of hydrogen-bond acceptors (Lipinski definition) is 5. The van der Waals surface area contributed by atoms with Crippen LogP contribution in [0.25, 0.3) is 0 Å². The fraction of sp³-hybridized carbons (Fsp3) is 0.0667. The van der Waals surface area contributed by atoms with Gasteiger partial charge in [-0.25, -0.2) is 4.79 Å². The van der Waals surface area contributed by atoms with Gasteiger partial charge >= 0.3 is 5.97 Å². The van der Waals surface area contributed by atoms with Crippen LogP contribution in [0.5, 0.6) is 0 Å². The van der Waals surface area contributed by atoms with E-state index in [0.717, 1.165) is 5.56 Å². The Bertz CT molecular complexity index is 693. The van der Waals surface area contributed by atoms with E-state index in [-0.39, 0.29) is 5.69 Å². The second-order valence-corrected chi connectivity index (χ2v) is 4.15. The minimum Gasteiger partial charge on any atom is -0.465 e. The monoisotopic (exact) mass is 284 g/mol. The summed E-state index contributed by atoms with van der Waals surface area (Å²) in [5, 5.41) is 10.7. The Morgan fingerprint density at radius 2 is 1.95 bits per heavy atom. The summed E-state index contributed by atoms with van der Waals surface area (Å²) < 4.78 is 4.60. The molecule has 0 spiro atoms. The average molecular weight is 284 g/mol. The van der Waals surface area contributed by atoms with Crippen LogP contribution in [0.15, 0.2) is 53.5 Å². The molecule has 106 valence electrons. The molecule has 0 N–H and O–H groups in total. The summed E-state index contributed by atoms with van der Waals surface area (Å²) in [5.41, 5.74) is 1.70. The quantitative estimate of drug-likeness (QED) is 0.374. The van der Waals surface area contributed by atoms with E-state index in [4.69, 9.17) is 0 Å². The van der Waals surface area contributed by atoms with Crippen LogP contribution >= 0.6 is 0 Å². The largest absolute Gasteiger partial charge is 0.465 e. The maximum atomic E-state index is 11.3. The lowest BCUT2D eigenvalue weighted by atomic mass is 10.1. The Labute approximate surface area is 120 Å². The Hall–Kier alpha value is -3.02. The number of ether oxygens (including phenoxy) is 1. The highest BCUT2D eigenvalue weighted by atomic mass is 16.6. The highest BCUT2D eigenvalue weighted by Gasteiger charge is 2.05. The van der Waals surface area contributed by atoms with Crippen molar-refractivity contribution in [2.45, 2.75) is 0 Å². The van der Waals surface area contributed by atoms with Gasteiger partial charge in [0, 0.05) is 18.3 Å². The Kier molecular flexibility index (Phi) is 4.40. The topological polar surface area (TPSA) is 81.8 Å². The molecule has 2 rings (SSSR count). The maximum absolute atomic E-state index is 11.3. The fourth-order valence-corrected chi connectivity index (χ4v) is 1.66. The lowest BCUT2D eigenvalue weighted by Crippen LogP contribution is -2.00. The number of esters is 1. The number of nitro groups is 1. The standard InChI is InChI=1S/C15H12N2O4/c1-21-15(18)12-7-5-11(6-8-12)10-16-13-3-2-4-14(9-13)17(19)20/h2-10H,1H3. The van der Waals surface area contributed by atoms with Crippen LogP contribution in [0.2, 0.25) is 0 Å². The zero-order valence-corrected chi connectivity index (χ0v) is 11.2. The zero-order chi connectivity index (χ0) is 15.2. The van der Waals surface area contributed by atoms with Gasteiger partial charge in [0.1, 0.15) is 0 Å². The molecule has 0 bridgehead atoms. The zero-order valence-electron chi connectivity index (χ0n) is 11.2. The van der Waals surface area contributed by atoms with Gasteiger partial charge in [0.25, 0.3) is 5.69 Å². The van der Waals surface area contributed by atoms with E-state index >= 15 is 0 Å². The first-order chi connectivity index (χ1) is 10.1. The molecule has 0 aliphatic carbocycles. The SMILES string of the molecule is COC(=O)c1ccc(C=Nc2cccc([N+](=O)[O-])c2)cc1. The number of methoxy groups -OCH3 is 1. The van der Waals surface area contributed by atoms with Crippen LogP contribution in [-0.4, -0.2) is 24.2 Å². The van der Waals surface area contributed by atoms with Crippen molar-refractivity contribution in [3.8, 4) is 0 Å². The van der Waals surface area contributed by atoms with Gasteiger partial charge < -0.3 is 4.74 Å². The van der Waals surface area contributed by atoms with E-state index in [1.54, 1.807) is 42.6 Å². The van der Waals surface area contributed by atoms with Gasteiger partial charge in [0.2, 0.25) is 0 Å². The van der Waals surface area contributed by atoms with Crippen molar-refractivity contribution in [2.24, 2.45) is 4.99 Å². The molecular formula is C15H12N2O4. The van der Waals surface area contributed by atoms with Crippen LogP contribution in [0, 0.1) is 10.1 Å². The highest BCUT2D eigenvalue weighted by molar-refractivity contribution is 5.91. The van der Waals surface area contributed by atoms with Gasteiger partial charge in [-0.2, -0.15) is 0 Å². The Balaban J connectivity index is 2.16. The second-order valence-electron chi connectivity index (χ2n) is 4.15. The van der Waals surface area contributed by atoms with Gasteiger partial charge in [-0.15, -0.1) is 0 Å². The summed E-state index contributed by atoms with van der Waals surface area (Å²) in [6.07, 6.45) is 1.57. The lowest BCUT2D eigenvalue weighted by Gasteiger charge is -1.99. The van der Waals surface area contributed by atoms with Gasteiger partial charge in [-0.3, -0.25) is 15.1 Å². The van der Waals surface area contributed by atoms with Crippen molar-refractivity contribution in [2.75, 3.05) is 7.11 Å². The molecule has 6 nitrogen and oxygen atoms in total. The molecule has 0 saturated carbocycles. The predicted molar refractivity (Wildman–Crippen MR) is 78.1 cm³/mol. The van der Waals surface area contributed by atoms with Gasteiger partial charge in [-0.1, -0.05) is 18.2 Å². The highest BCUT2D eigenvalue weighted by Crippen LogP contribution is 2.19. The molecule has 0 aromatic heterocycles. The molecule has 2 aromatic rings. The van der Waals surface area contributed by atoms with E-state index in [1.807, 2.05) is 0 Å². The second kappa shape index (κ2) is 6.42. The summed E-state index contributed by atoms with van der Waals surface area (Å²) in [5.74, 6) is -0.405. The van der Waals surface area contributed by atoms with Gasteiger partial charge in [-0.05, 0) is 23.8 Å². The minimum absolute atomic E-state index is 0.00862. The number of carbonyl (C=O) groups excluding carboxylic acids is 1. The van der Waals surface area contributed by atoms with Crippen molar-refractivity contribution < 1.29 is 14.5 Å². The van der Waals surface area contributed by atoms with Crippen LogP contribution in [-0.2, 0) is 4.74 Å². The molecule has 21 heavy (non-hydrogen) atoms. The van der Waals surface area contributed by atoms with Crippen molar-refractivity contribution in [1.29, 1.82) is 0 Å². The number of carbonyl (C=O) groups is 1. The number of rotatable bonds is 4. The van der Waals surface area contributed by atoms with Gasteiger partial charge in [0.05, 0.1) is 23.3 Å². The average Bonchev–Trinajstić information content (AvgIpc) is 2.53.